The van der Waals surface area contributed by atoms with Crippen molar-refractivity contribution in [3.05, 3.63) is 100 Å². The summed E-state index contributed by atoms with van der Waals surface area (Å²) in [6.07, 6.45) is 0.0819. The summed E-state index contributed by atoms with van der Waals surface area (Å²) in [5, 5.41) is 2.82. The van der Waals surface area contributed by atoms with Gasteiger partial charge in [0.25, 0.3) is 0 Å². The molecule has 0 spiro atoms. The fourth-order valence-corrected chi connectivity index (χ4v) is 5.90. The molecule has 8 heteroatoms. The number of esters is 1. The molecule has 1 atom stereocenters. The SMILES string of the molecule is CCOC(=O)C1(c2ccc(-c3ccccc3)c(-c3sc(Cl)cc3NC(=O)OC(C)c3cccc(F)c3)c2)CC1. The third-order valence-electron chi connectivity index (χ3n) is 6.86. The first-order valence-electron chi connectivity index (χ1n) is 12.7. The summed E-state index contributed by atoms with van der Waals surface area (Å²) in [6, 6.07) is 23.5. The lowest BCUT2D eigenvalue weighted by atomic mass is 9.89. The first-order chi connectivity index (χ1) is 18.8. The number of carbonyl (C=O) groups excluding carboxylic acids is 2. The van der Waals surface area contributed by atoms with E-state index in [1.165, 1.54) is 23.5 Å². The van der Waals surface area contributed by atoms with Crippen molar-refractivity contribution in [3.63, 3.8) is 0 Å². The Hall–Kier alpha value is -3.68. The summed E-state index contributed by atoms with van der Waals surface area (Å²) in [5.41, 5.74) is 3.99. The van der Waals surface area contributed by atoms with Crippen LogP contribution in [0.1, 0.15) is 43.9 Å². The molecular formula is C31H27ClFNO4S. The van der Waals surface area contributed by atoms with E-state index in [1.54, 1.807) is 32.0 Å². The highest BCUT2D eigenvalue weighted by Gasteiger charge is 2.53. The summed E-state index contributed by atoms with van der Waals surface area (Å²) in [4.78, 5) is 26.5. The van der Waals surface area contributed by atoms with Crippen molar-refractivity contribution in [1.29, 1.82) is 0 Å². The van der Waals surface area contributed by atoms with Crippen LogP contribution in [-0.2, 0) is 19.7 Å². The van der Waals surface area contributed by atoms with E-state index in [2.05, 4.69) is 5.32 Å². The zero-order valence-electron chi connectivity index (χ0n) is 21.5. The zero-order chi connectivity index (χ0) is 27.6. The average molecular weight is 564 g/mol. The monoisotopic (exact) mass is 563 g/mol. The van der Waals surface area contributed by atoms with Gasteiger partial charge < -0.3 is 9.47 Å². The molecule has 5 rings (SSSR count). The van der Waals surface area contributed by atoms with Crippen LogP contribution in [0.25, 0.3) is 21.6 Å². The van der Waals surface area contributed by atoms with Gasteiger partial charge in [0, 0.05) is 5.56 Å². The van der Waals surface area contributed by atoms with Gasteiger partial charge in [0.05, 0.1) is 26.9 Å². The molecule has 1 aliphatic rings. The van der Waals surface area contributed by atoms with Crippen molar-refractivity contribution in [2.24, 2.45) is 0 Å². The van der Waals surface area contributed by atoms with E-state index in [1.807, 2.05) is 48.5 Å². The van der Waals surface area contributed by atoms with Crippen molar-refractivity contribution in [1.82, 2.24) is 0 Å². The maximum atomic E-state index is 13.6. The number of nitrogens with one attached hydrogen (secondary N) is 1. The number of halogens is 2. The van der Waals surface area contributed by atoms with Gasteiger partial charge in [0.2, 0.25) is 0 Å². The molecule has 1 amide bonds. The van der Waals surface area contributed by atoms with Crippen LogP contribution in [0, 0.1) is 5.82 Å². The van der Waals surface area contributed by atoms with Gasteiger partial charge in [-0.05, 0) is 73.2 Å². The van der Waals surface area contributed by atoms with Crippen LogP contribution in [0.5, 0.6) is 0 Å². The van der Waals surface area contributed by atoms with Gasteiger partial charge in [-0.2, -0.15) is 0 Å². The smallest absolute Gasteiger partial charge is 0.412 e. The van der Waals surface area contributed by atoms with Crippen molar-refractivity contribution in [2.45, 2.75) is 38.2 Å². The van der Waals surface area contributed by atoms with E-state index in [9.17, 15) is 14.0 Å². The molecule has 1 fully saturated rings. The number of rotatable bonds is 8. The summed E-state index contributed by atoms with van der Waals surface area (Å²) >= 11 is 7.78. The first-order valence-corrected chi connectivity index (χ1v) is 13.9. The highest BCUT2D eigenvalue weighted by Crippen LogP contribution is 2.52. The van der Waals surface area contributed by atoms with Crippen molar-refractivity contribution in [2.75, 3.05) is 11.9 Å². The van der Waals surface area contributed by atoms with E-state index < -0.39 is 23.4 Å². The Morgan fingerprint density at radius 1 is 1.03 bits per heavy atom. The van der Waals surface area contributed by atoms with Crippen molar-refractivity contribution in [3.8, 4) is 21.6 Å². The van der Waals surface area contributed by atoms with Crippen LogP contribution in [0.4, 0.5) is 14.9 Å². The van der Waals surface area contributed by atoms with Crippen LogP contribution >= 0.6 is 22.9 Å². The molecule has 5 nitrogen and oxygen atoms in total. The normalized spacial score (nSPS) is 14.4. The van der Waals surface area contributed by atoms with Gasteiger partial charge in [-0.25, -0.2) is 9.18 Å². The number of carbonyl (C=O) groups is 2. The molecule has 1 heterocycles. The van der Waals surface area contributed by atoms with Gasteiger partial charge in [0.1, 0.15) is 11.9 Å². The Labute approximate surface area is 235 Å². The van der Waals surface area contributed by atoms with Crippen LogP contribution < -0.4 is 5.32 Å². The van der Waals surface area contributed by atoms with Gasteiger partial charge >= 0.3 is 12.1 Å². The molecule has 1 aliphatic carbocycles. The zero-order valence-corrected chi connectivity index (χ0v) is 23.1. The molecule has 1 aromatic heterocycles. The molecule has 0 aliphatic heterocycles. The lowest BCUT2D eigenvalue weighted by Gasteiger charge is -2.19. The summed E-state index contributed by atoms with van der Waals surface area (Å²) in [6.45, 7) is 3.80. The molecule has 3 aromatic carbocycles. The summed E-state index contributed by atoms with van der Waals surface area (Å²) in [5.74, 6) is -0.624. The molecule has 1 N–H and O–H groups in total. The Morgan fingerprint density at radius 3 is 2.49 bits per heavy atom. The Bertz CT molecular complexity index is 1520. The topological polar surface area (TPSA) is 64.6 Å². The highest BCUT2D eigenvalue weighted by molar-refractivity contribution is 7.20. The highest BCUT2D eigenvalue weighted by atomic mass is 35.5. The van der Waals surface area contributed by atoms with Gasteiger partial charge in [-0.1, -0.05) is 66.2 Å². The first kappa shape index (κ1) is 26.9. The number of thiophene rings is 1. The van der Waals surface area contributed by atoms with Gasteiger partial charge in [0.15, 0.2) is 0 Å². The summed E-state index contributed by atoms with van der Waals surface area (Å²) < 4.78 is 25.1. The molecule has 0 bridgehead atoms. The number of hydrogen-bond donors (Lipinski definition) is 1. The van der Waals surface area contributed by atoms with Crippen LogP contribution in [0.3, 0.4) is 0 Å². The number of ether oxygens (including phenoxy) is 2. The number of amides is 1. The molecule has 0 radical (unpaired) electrons. The number of anilines is 1. The van der Waals surface area contributed by atoms with Crippen molar-refractivity contribution >= 4 is 40.7 Å². The van der Waals surface area contributed by atoms with Gasteiger partial charge in [-0.3, -0.25) is 10.1 Å². The average Bonchev–Trinajstić information content (AvgIpc) is 3.66. The Balaban J connectivity index is 1.51. The second-order valence-electron chi connectivity index (χ2n) is 9.45. The second kappa shape index (κ2) is 11.2. The Morgan fingerprint density at radius 2 is 1.79 bits per heavy atom. The van der Waals surface area contributed by atoms with E-state index in [0.29, 0.717) is 22.2 Å². The maximum Gasteiger partial charge on any atom is 0.412 e. The van der Waals surface area contributed by atoms with Gasteiger partial charge in [-0.15, -0.1) is 11.3 Å². The molecule has 39 heavy (non-hydrogen) atoms. The van der Waals surface area contributed by atoms with E-state index in [-0.39, 0.29) is 5.97 Å². The van der Waals surface area contributed by atoms with E-state index in [4.69, 9.17) is 21.1 Å². The number of hydrogen-bond acceptors (Lipinski definition) is 5. The predicted molar refractivity (Wildman–Crippen MR) is 153 cm³/mol. The van der Waals surface area contributed by atoms with E-state index in [0.717, 1.165) is 40.0 Å². The molecule has 1 saturated carbocycles. The molecule has 4 aromatic rings. The number of benzene rings is 3. The summed E-state index contributed by atoms with van der Waals surface area (Å²) in [7, 11) is 0. The third kappa shape index (κ3) is 5.70. The molecule has 1 unspecified atom stereocenters. The lowest BCUT2D eigenvalue weighted by Crippen LogP contribution is -2.23. The fraction of sp³-hybridized carbons (Fsp3) is 0.226. The third-order valence-corrected chi connectivity index (χ3v) is 8.16. The minimum Gasteiger partial charge on any atom is -0.465 e. The standard InChI is InChI=1S/C31H27ClFNO4S/c1-3-37-29(35)31(14-15-31)22-12-13-24(20-8-5-4-6-9-20)25(17-22)28-26(18-27(32)39-28)34-30(36)38-19(2)21-10-7-11-23(33)16-21/h4-13,16-19H,3,14-15H2,1-2H3,(H,34,36). The quantitative estimate of drug-likeness (QED) is 0.218. The molecule has 200 valence electrons. The second-order valence-corrected chi connectivity index (χ2v) is 11.1. The Kier molecular flexibility index (Phi) is 7.73. The van der Waals surface area contributed by atoms with E-state index >= 15 is 0 Å². The van der Waals surface area contributed by atoms with Crippen molar-refractivity contribution < 1.29 is 23.5 Å². The molecular weight excluding hydrogens is 537 g/mol. The predicted octanol–water partition coefficient (Wildman–Crippen LogP) is 8.78. The minimum absolute atomic E-state index is 0.221. The minimum atomic E-state index is -0.690. The lowest BCUT2D eigenvalue weighted by molar-refractivity contribution is -0.146. The largest absolute Gasteiger partial charge is 0.465 e. The van der Waals surface area contributed by atoms with Crippen LogP contribution in [-0.4, -0.2) is 18.7 Å². The van der Waals surface area contributed by atoms with Crippen LogP contribution in [0.15, 0.2) is 78.9 Å². The van der Waals surface area contributed by atoms with Crippen LogP contribution in [0.2, 0.25) is 4.34 Å². The molecule has 0 saturated heterocycles. The maximum absolute atomic E-state index is 13.6. The fourth-order valence-electron chi connectivity index (χ4n) is 4.69.